The second-order valence-electron chi connectivity index (χ2n) is 5.24. The summed E-state index contributed by atoms with van der Waals surface area (Å²) in [4.78, 5) is 0. The zero-order valence-electron chi connectivity index (χ0n) is 12.5. The second kappa shape index (κ2) is 7.11. The van der Waals surface area contributed by atoms with Gasteiger partial charge in [0.1, 0.15) is 5.75 Å². The van der Waals surface area contributed by atoms with Crippen molar-refractivity contribution in [3.8, 4) is 5.75 Å². The van der Waals surface area contributed by atoms with Crippen molar-refractivity contribution in [2.75, 3.05) is 32.0 Å². The van der Waals surface area contributed by atoms with Gasteiger partial charge in [-0.15, -0.1) is 0 Å². The van der Waals surface area contributed by atoms with Gasteiger partial charge in [0.2, 0.25) is 0 Å². The summed E-state index contributed by atoms with van der Waals surface area (Å²) >= 11 is 0. The zero-order chi connectivity index (χ0) is 15.3. The van der Waals surface area contributed by atoms with E-state index in [2.05, 4.69) is 10.0 Å². The molecule has 1 aliphatic carbocycles. The average molecular weight is 313 g/mol. The van der Waals surface area contributed by atoms with Gasteiger partial charge in [-0.05, 0) is 37.9 Å². The van der Waals surface area contributed by atoms with E-state index in [1.165, 1.54) is 17.1 Å². The Labute approximate surface area is 126 Å². The molecule has 1 fully saturated rings. The zero-order valence-corrected chi connectivity index (χ0v) is 13.3. The second-order valence-corrected chi connectivity index (χ2v) is 7.02. The van der Waals surface area contributed by atoms with Crippen LogP contribution in [0.3, 0.4) is 0 Å². The van der Waals surface area contributed by atoms with Crippen LogP contribution in [0, 0.1) is 0 Å². The van der Waals surface area contributed by atoms with Crippen molar-refractivity contribution in [3.63, 3.8) is 0 Å². The summed E-state index contributed by atoms with van der Waals surface area (Å²) < 4.78 is 33.4. The number of methoxy groups -OCH3 is 1. The predicted octanol–water partition coefficient (Wildman–Crippen LogP) is 1.43. The number of rotatable bonds is 9. The van der Waals surface area contributed by atoms with Crippen LogP contribution < -0.4 is 14.8 Å². The van der Waals surface area contributed by atoms with Gasteiger partial charge >= 0.3 is 10.2 Å². The summed E-state index contributed by atoms with van der Waals surface area (Å²) in [6.07, 6.45) is 3.28. The first-order valence-corrected chi connectivity index (χ1v) is 8.57. The molecule has 1 aromatic carbocycles. The smallest absolute Gasteiger partial charge is 0.301 e. The van der Waals surface area contributed by atoms with E-state index in [1.54, 1.807) is 38.4 Å². The molecule has 0 aliphatic heterocycles. The molecule has 0 radical (unpaired) electrons. The Morgan fingerprint density at radius 1 is 1.38 bits per heavy atom. The lowest BCUT2D eigenvalue weighted by molar-refractivity contribution is 0.415. The third kappa shape index (κ3) is 5.18. The Bertz CT molecular complexity index is 558. The fraction of sp³-hybridized carbons (Fsp3) is 0.571. The fourth-order valence-corrected chi connectivity index (χ4v) is 2.88. The molecule has 7 heteroatoms. The normalized spacial score (nSPS) is 15.2. The molecule has 1 aromatic rings. The topological polar surface area (TPSA) is 70.7 Å². The first-order valence-electron chi connectivity index (χ1n) is 7.13. The highest BCUT2D eigenvalue weighted by Gasteiger charge is 2.21. The number of benzene rings is 1. The van der Waals surface area contributed by atoms with Crippen LogP contribution in [0.5, 0.6) is 5.75 Å². The van der Waals surface area contributed by atoms with Crippen LogP contribution in [0.1, 0.15) is 19.3 Å². The maximum atomic E-state index is 12.2. The first-order chi connectivity index (χ1) is 10.0. The van der Waals surface area contributed by atoms with Crippen LogP contribution in [0.2, 0.25) is 0 Å². The number of hydrogen-bond acceptors (Lipinski definition) is 4. The molecule has 0 heterocycles. The molecule has 118 valence electrons. The van der Waals surface area contributed by atoms with Crippen molar-refractivity contribution in [3.05, 3.63) is 24.3 Å². The molecular weight excluding hydrogens is 290 g/mol. The Morgan fingerprint density at radius 3 is 2.81 bits per heavy atom. The summed E-state index contributed by atoms with van der Waals surface area (Å²) in [5, 5.41) is 3.37. The number of ether oxygens (including phenoxy) is 1. The van der Waals surface area contributed by atoms with Crippen LogP contribution in [0.15, 0.2) is 24.3 Å². The highest BCUT2D eigenvalue weighted by molar-refractivity contribution is 7.90. The maximum Gasteiger partial charge on any atom is 0.301 e. The Balaban J connectivity index is 1.83. The van der Waals surface area contributed by atoms with E-state index in [0.717, 1.165) is 13.0 Å². The molecule has 2 rings (SSSR count). The summed E-state index contributed by atoms with van der Waals surface area (Å²) in [7, 11) is -0.392. The van der Waals surface area contributed by atoms with Gasteiger partial charge in [0, 0.05) is 25.7 Å². The lowest BCUT2D eigenvalue weighted by atomic mass is 10.3. The molecule has 0 bridgehead atoms. The van der Waals surface area contributed by atoms with E-state index in [0.29, 0.717) is 24.0 Å². The minimum absolute atomic E-state index is 0.485. The van der Waals surface area contributed by atoms with Crippen LogP contribution in [-0.2, 0) is 10.2 Å². The van der Waals surface area contributed by atoms with E-state index < -0.39 is 10.2 Å². The van der Waals surface area contributed by atoms with Crippen molar-refractivity contribution in [2.45, 2.75) is 25.3 Å². The Kier molecular flexibility index (Phi) is 5.44. The molecule has 0 unspecified atom stereocenters. The number of nitrogens with zero attached hydrogens (tertiary/aromatic N) is 1. The van der Waals surface area contributed by atoms with E-state index in [4.69, 9.17) is 4.74 Å². The summed E-state index contributed by atoms with van der Waals surface area (Å²) in [6.45, 7) is 1.34. The monoisotopic (exact) mass is 313 g/mol. The van der Waals surface area contributed by atoms with Gasteiger partial charge in [0.25, 0.3) is 0 Å². The number of nitrogens with one attached hydrogen (secondary N) is 2. The van der Waals surface area contributed by atoms with Gasteiger partial charge in [-0.3, -0.25) is 4.72 Å². The van der Waals surface area contributed by atoms with Gasteiger partial charge in [-0.1, -0.05) is 6.07 Å². The quantitative estimate of drug-likeness (QED) is 0.677. The molecule has 1 saturated carbocycles. The molecule has 0 atom stereocenters. The minimum atomic E-state index is -3.52. The van der Waals surface area contributed by atoms with E-state index in [9.17, 15) is 8.42 Å². The number of anilines is 1. The van der Waals surface area contributed by atoms with Crippen LogP contribution in [0.4, 0.5) is 5.69 Å². The van der Waals surface area contributed by atoms with Crippen molar-refractivity contribution < 1.29 is 13.2 Å². The lowest BCUT2D eigenvalue weighted by Gasteiger charge is -2.18. The Hall–Kier alpha value is -1.31. The van der Waals surface area contributed by atoms with Crippen molar-refractivity contribution in [1.29, 1.82) is 0 Å². The van der Waals surface area contributed by atoms with E-state index in [-0.39, 0.29) is 0 Å². The highest BCUT2D eigenvalue weighted by atomic mass is 32.2. The van der Waals surface area contributed by atoms with Crippen LogP contribution >= 0.6 is 0 Å². The first kappa shape index (κ1) is 16.1. The van der Waals surface area contributed by atoms with Crippen molar-refractivity contribution in [2.24, 2.45) is 0 Å². The fourth-order valence-electron chi connectivity index (χ4n) is 1.93. The van der Waals surface area contributed by atoms with Gasteiger partial charge in [-0.2, -0.15) is 12.7 Å². The SMILES string of the molecule is COc1cccc(NS(=O)(=O)N(C)CCCNC2CC2)c1. The molecule has 0 saturated heterocycles. The molecule has 0 amide bonds. The third-order valence-corrected chi connectivity index (χ3v) is 4.88. The summed E-state index contributed by atoms with van der Waals surface area (Å²) in [5.41, 5.74) is 0.498. The molecule has 6 nitrogen and oxygen atoms in total. The van der Waals surface area contributed by atoms with Crippen LogP contribution in [-0.4, -0.2) is 46.0 Å². The summed E-state index contributed by atoms with van der Waals surface area (Å²) in [6, 6.07) is 7.52. The molecule has 21 heavy (non-hydrogen) atoms. The van der Waals surface area contributed by atoms with Gasteiger partial charge in [0.05, 0.1) is 12.8 Å². The maximum absolute atomic E-state index is 12.2. The van der Waals surface area contributed by atoms with Crippen LogP contribution in [0.25, 0.3) is 0 Å². The van der Waals surface area contributed by atoms with Gasteiger partial charge < -0.3 is 10.1 Å². The van der Waals surface area contributed by atoms with Crippen molar-refractivity contribution >= 4 is 15.9 Å². The molecule has 0 aromatic heterocycles. The summed E-state index contributed by atoms with van der Waals surface area (Å²) in [5.74, 6) is 0.617. The van der Waals surface area contributed by atoms with Crippen molar-refractivity contribution in [1.82, 2.24) is 9.62 Å². The molecule has 1 aliphatic rings. The van der Waals surface area contributed by atoms with Gasteiger partial charge in [0.15, 0.2) is 0 Å². The predicted molar refractivity (Wildman–Crippen MR) is 83.8 cm³/mol. The third-order valence-electron chi connectivity index (χ3n) is 3.39. The lowest BCUT2D eigenvalue weighted by Crippen LogP contribution is -2.34. The largest absolute Gasteiger partial charge is 0.497 e. The standard InChI is InChI=1S/C14H23N3O3S/c1-17(10-4-9-15-12-7-8-12)21(18,19)16-13-5-3-6-14(11-13)20-2/h3,5-6,11-12,15-16H,4,7-10H2,1-2H3. The minimum Gasteiger partial charge on any atom is -0.497 e. The molecule has 0 spiro atoms. The highest BCUT2D eigenvalue weighted by Crippen LogP contribution is 2.19. The molecular formula is C14H23N3O3S. The van der Waals surface area contributed by atoms with Gasteiger partial charge in [-0.25, -0.2) is 0 Å². The van der Waals surface area contributed by atoms with E-state index >= 15 is 0 Å². The molecule has 2 N–H and O–H groups in total. The average Bonchev–Trinajstić information content (AvgIpc) is 3.27. The number of hydrogen-bond donors (Lipinski definition) is 2. The van der Waals surface area contributed by atoms with E-state index in [1.807, 2.05) is 0 Å². The Morgan fingerprint density at radius 2 is 2.14 bits per heavy atom.